The highest BCUT2D eigenvalue weighted by atomic mass is 19.2. The third-order valence-corrected chi connectivity index (χ3v) is 3.91. The van der Waals surface area contributed by atoms with Crippen molar-refractivity contribution in [2.75, 3.05) is 6.61 Å². The summed E-state index contributed by atoms with van der Waals surface area (Å²) in [5, 5.41) is 0. The van der Waals surface area contributed by atoms with Crippen LogP contribution < -0.4 is 4.74 Å². The highest BCUT2D eigenvalue weighted by molar-refractivity contribution is 5.74. The van der Waals surface area contributed by atoms with Crippen molar-refractivity contribution < 1.29 is 41.0 Å². The number of ether oxygens (including phenoxy) is 2. The largest absolute Gasteiger partial charge is 0.466 e. The zero-order valence-electron chi connectivity index (χ0n) is 15.6. The summed E-state index contributed by atoms with van der Waals surface area (Å²) >= 11 is 0. The average Bonchev–Trinajstić information content (AvgIpc) is 2.67. The number of hydrogen-bond acceptors (Lipinski definition) is 4. The number of esters is 2. The highest BCUT2D eigenvalue weighted by Gasteiger charge is 2.28. The maximum Gasteiger partial charge on any atom is 0.311 e. The van der Waals surface area contributed by atoms with Gasteiger partial charge in [-0.15, -0.1) is 0 Å². The maximum absolute atomic E-state index is 13.4. The van der Waals surface area contributed by atoms with Crippen molar-refractivity contribution in [3.05, 3.63) is 29.1 Å². The molecule has 0 heterocycles. The molecule has 0 spiro atoms. The van der Waals surface area contributed by atoms with Crippen LogP contribution in [0, 0.1) is 29.1 Å². The first-order valence-electron chi connectivity index (χ1n) is 9.17. The third kappa shape index (κ3) is 7.44. The molecule has 0 aliphatic carbocycles. The van der Waals surface area contributed by atoms with Gasteiger partial charge in [0.1, 0.15) is 0 Å². The number of unbranched alkanes of at least 4 members (excludes halogenated alkanes) is 5. The van der Waals surface area contributed by atoms with Gasteiger partial charge in [-0.3, -0.25) is 9.59 Å². The minimum absolute atomic E-state index is 0.0520. The summed E-state index contributed by atoms with van der Waals surface area (Å²) in [6, 6.07) is 0. The second kappa shape index (κ2) is 12.3. The molecule has 0 aliphatic heterocycles. The van der Waals surface area contributed by atoms with Crippen molar-refractivity contribution >= 4 is 11.9 Å². The van der Waals surface area contributed by atoms with Crippen molar-refractivity contribution in [2.45, 2.75) is 64.7 Å². The molecule has 9 heteroatoms. The standard InChI is InChI=1S/C19H23F5O4/c1-2-3-4-5-6-7-11-27-12(25)9-8-10-13(26)28-19-17(23)15(21)14(20)16(22)18(19)24/h2-11H2,1H3. The fourth-order valence-corrected chi connectivity index (χ4v) is 2.36. The van der Waals surface area contributed by atoms with Crippen molar-refractivity contribution in [3.8, 4) is 5.75 Å². The number of halogens is 5. The van der Waals surface area contributed by atoms with Gasteiger partial charge >= 0.3 is 11.9 Å². The van der Waals surface area contributed by atoms with E-state index in [1.165, 1.54) is 6.42 Å². The van der Waals surface area contributed by atoms with E-state index < -0.39 is 53.2 Å². The van der Waals surface area contributed by atoms with Crippen molar-refractivity contribution in [3.63, 3.8) is 0 Å². The van der Waals surface area contributed by atoms with E-state index in [0.717, 1.165) is 32.1 Å². The highest BCUT2D eigenvalue weighted by Crippen LogP contribution is 2.29. The quantitative estimate of drug-likeness (QED) is 0.116. The van der Waals surface area contributed by atoms with Gasteiger partial charge in [-0.05, 0) is 12.8 Å². The molecule has 28 heavy (non-hydrogen) atoms. The monoisotopic (exact) mass is 410 g/mol. The average molecular weight is 410 g/mol. The lowest BCUT2D eigenvalue weighted by molar-refractivity contribution is -0.144. The molecule has 1 aromatic carbocycles. The van der Waals surface area contributed by atoms with Gasteiger partial charge in [0.2, 0.25) is 34.8 Å². The predicted molar refractivity (Wildman–Crippen MR) is 90.1 cm³/mol. The second-order valence-corrected chi connectivity index (χ2v) is 6.21. The fourth-order valence-electron chi connectivity index (χ4n) is 2.36. The van der Waals surface area contributed by atoms with Gasteiger partial charge in [-0.1, -0.05) is 39.0 Å². The third-order valence-electron chi connectivity index (χ3n) is 3.91. The Morgan fingerprint density at radius 1 is 0.679 bits per heavy atom. The number of hydrogen-bond donors (Lipinski definition) is 0. The molecule has 0 aliphatic rings. The Kier molecular flexibility index (Phi) is 10.5. The first kappa shape index (κ1) is 23.8. The van der Waals surface area contributed by atoms with Crippen molar-refractivity contribution in [2.24, 2.45) is 0 Å². The number of carbonyl (C=O) groups is 2. The van der Waals surface area contributed by atoms with Gasteiger partial charge in [0.25, 0.3) is 0 Å². The van der Waals surface area contributed by atoms with E-state index in [4.69, 9.17) is 4.74 Å². The molecule has 0 amide bonds. The van der Waals surface area contributed by atoms with E-state index in [1.807, 2.05) is 0 Å². The fraction of sp³-hybridized carbons (Fsp3) is 0.579. The Hall–Kier alpha value is -2.19. The first-order chi connectivity index (χ1) is 13.3. The zero-order chi connectivity index (χ0) is 21.1. The SMILES string of the molecule is CCCCCCCCOC(=O)CCCC(=O)Oc1c(F)c(F)c(F)c(F)c1F. The second-order valence-electron chi connectivity index (χ2n) is 6.21. The maximum atomic E-state index is 13.4. The van der Waals surface area contributed by atoms with Crippen LogP contribution in [0.4, 0.5) is 22.0 Å². The van der Waals surface area contributed by atoms with Gasteiger partial charge in [0.05, 0.1) is 6.61 Å². The molecule has 0 atom stereocenters. The molecule has 158 valence electrons. The van der Waals surface area contributed by atoms with Crippen LogP contribution in [-0.2, 0) is 14.3 Å². The molecule has 0 fully saturated rings. The Balaban J connectivity index is 2.32. The number of benzene rings is 1. The van der Waals surface area contributed by atoms with Crippen LogP contribution in [0.25, 0.3) is 0 Å². The van der Waals surface area contributed by atoms with Gasteiger partial charge in [0, 0.05) is 12.8 Å². The minimum Gasteiger partial charge on any atom is -0.466 e. The van der Waals surface area contributed by atoms with Crippen molar-refractivity contribution in [1.82, 2.24) is 0 Å². The molecule has 0 unspecified atom stereocenters. The Morgan fingerprint density at radius 2 is 1.18 bits per heavy atom. The molecular weight excluding hydrogens is 387 g/mol. The summed E-state index contributed by atoms with van der Waals surface area (Å²) in [6.45, 7) is 2.38. The lowest BCUT2D eigenvalue weighted by atomic mass is 10.1. The number of carbonyl (C=O) groups excluding carboxylic acids is 2. The molecule has 1 aromatic rings. The van der Waals surface area contributed by atoms with Crippen LogP contribution in [0.5, 0.6) is 5.75 Å². The number of rotatable bonds is 12. The van der Waals surface area contributed by atoms with E-state index in [9.17, 15) is 31.5 Å². The smallest absolute Gasteiger partial charge is 0.311 e. The van der Waals surface area contributed by atoms with Gasteiger partial charge in [-0.2, -0.15) is 8.78 Å². The van der Waals surface area contributed by atoms with Crippen LogP contribution in [-0.4, -0.2) is 18.5 Å². The summed E-state index contributed by atoms with van der Waals surface area (Å²) in [6.07, 6.45) is 5.55. The minimum atomic E-state index is -2.34. The van der Waals surface area contributed by atoms with E-state index in [-0.39, 0.29) is 19.4 Å². The topological polar surface area (TPSA) is 52.6 Å². The normalized spacial score (nSPS) is 10.8. The Labute approximate surface area is 160 Å². The van der Waals surface area contributed by atoms with E-state index in [2.05, 4.69) is 11.7 Å². The first-order valence-corrected chi connectivity index (χ1v) is 9.17. The summed E-state index contributed by atoms with van der Waals surface area (Å²) in [5.41, 5.74) is 0. The Bertz CT molecular complexity index is 650. The van der Waals surface area contributed by atoms with Crippen LogP contribution in [0.15, 0.2) is 0 Å². The molecule has 1 rings (SSSR count). The molecule has 0 radical (unpaired) electrons. The lowest BCUT2D eigenvalue weighted by Gasteiger charge is -2.09. The van der Waals surface area contributed by atoms with Crippen LogP contribution in [0.2, 0.25) is 0 Å². The molecular formula is C19H23F5O4. The van der Waals surface area contributed by atoms with Gasteiger partial charge in [-0.25, -0.2) is 13.2 Å². The molecule has 0 saturated carbocycles. The van der Waals surface area contributed by atoms with Crippen LogP contribution in [0.1, 0.15) is 64.7 Å². The Morgan fingerprint density at radius 3 is 1.79 bits per heavy atom. The molecule has 0 saturated heterocycles. The lowest BCUT2D eigenvalue weighted by Crippen LogP contribution is -2.14. The van der Waals surface area contributed by atoms with Crippen LogP contribution in [0.3, 0.4) is 0 Å². The summed E-state index contributed by atoms with van der Waals surface area (Å²) in [4.78, 5) is 23.1. The summed E-state index contributed by atoms with van der Waals surface area (Å²) in [5.74, 6) is -14.7. The van der Waals surface area contributed by atoms with Crippen LogP contribution >= 0.6 is 0 Å². The molecule has 0 aromatic heterocycles. The van der Waals surface area contributed by atoms with E-state index >= 15 is 0 Å². The summed E-state index contributed by atoms with van der Waals surface area (Å²) < 4.78 is 75.0. The summed E-state index contributed by atoms with van der Waals surface area (Å²) in [7, 11) is 0. The van der Waals surface area contributed by atoms with Gasteiger partial charge in [0.15, 0.2) is 0 Å². The van der Waals surface area contributed by atoms with E-state index in [1.54, 1.807) is 0 Å². The molecule has 0 N–H and O–H groups in total. The van der Waals surface area contributed by atoms with E-state index in [0.29, 0.717) is 0 Å². The molecule has 4 nitrogen and oxygen atoms in total. The van der Waals surface area contributed by atoms with Gasteiger partial charge < -0.3 is 9.47 Å². The molecule has 0 bridgehead atoms. The zero-order valence-corrected chi connectivity index (χ0v) is 15.6. The van der Waals surface area contributed by atoms with Crippen molar-refractivity contribution in [1.29, 1.82) is 0 Å². The predicted octanol–water partition coefficient (Wildman–Crippen LogP) is 5.36.